The summed E-state index contributed by atoms with van der Waals surface area (Å²) in [6.45, 7) is 1.95. The largest absolute Gasteiger partial charge is 0.478 e. The molecule has 0 aliphatic rings. The molecular formula is C10H13NO2. The van der Waals surface area contributed by atoms with Gasteiger partial charge in [0, 0.05) is 6.08 Å². The molecule has 0 fully saturated rings. The molecule has 0 aliphatic heterocycles. The first-order chi connectivity index (χ1) is 5.70. The van der Waals surface area contributed by atoms with Gasteiger partial charge in [0.2, 0.25) is 0 Å². The van der Waals surface area contributed by atoms with E-state index < -0.39 is 5.97 Å². The van der Waals surface area contributed by atoms with Crippen molar-refractivity contribution in [2.24, 2.45) is 0 Å². The summed E-state index contributed by atoms with van der Waals surface area (Å²) >= 11 is 0. The summed E-state index contributed by atoms with van der Waals surface area (Å²) in [6.07, 6.45) is 2.74. The molecule has 3 heteroatoms. The Kier molecular flexibility index (Phi) is 4.48. The van der Waals surface area contributed by atoms with E-state index in [0.29, 0.717) is 0 Å². The molecule has 13 heavy (non-hydrogen) atoms. The van der Waals surface area contributed by atoms with Gasteiger partial charge in [-0.25, -0.2) is 4.79 Å². The van der Waals surface area contributed by atoms with E-state index in [2.05, 4.69) is 0 Å². The second kappa shape index (κ2) is 5.11. The second-order valence-electron chi connectivity index (χ2n) is 2.53. The third kappa shape index (κ3) is 3.53. The van der Waals surface area contributed by atoms with Gasteiger partial charge in [0.15, 0.2) is 0 Å². The summed E-state index contributed by atoms with van der Waals surface area (Å²) in [4.78, 5) is 10.2. The van der Waals surface area contributed by atoms with Gasteiger partial charge in [-0.3, -0.25) is 0 Å². The summed E-state index contributed by atoms with van der Waals surface area (Å²) in [7, 11) is 0. The van der Waals surface area contributed by atoms with Gasteiger partial charge in [0.1, 0.15) is 0 Å². The van der Waals surface area contributed by atoms with Crippen molar-refractivity contribution in [2.45, 2.75) is 6.92 Å². The lowest BCUT2D eigenvalue weighted by molar-refractivity contribution is -0.131. The summed E-state index contributed by atoms with van der Waals surface area (Å²) in [6, 6.07) is 7.64. The van der Waals surface area contributed by atoms with Gasteiger partial charge in [0.25, 0.3) is 0 Å². The average Bonchev–Trinajstić information content (AvgIpc) is 2.03. The van der Waals surface area contributed by atoms with Crippen LogP contribution in [0.4, 0.5) is 0 Å². The van der Waals surface area contributed by atoms with E-state index in [9.17, 15) is 4.79 Å². The Morgan fingerprint density at radius 2 is 2.00 bits per heavy atom. The molecule has 0 aromatic heterocycles. The zero-order valence-corrected chi connectivity index (χ0v) is 7.53. The van der Waals surface area contributed by atoms with Gasteiger partial charge in [-0.15, -0.1) is 0 Å². The lowest BCUT2D eigenvalue weighted by Gasteiger charge is -1.96. The summed E-state index contributed by atoms with van der Waals surface area (Å²) in [5, 5.41) is 8.38. The van der Waals surface area contributed by atoms with Crippen LogP contribution in [0.25, 0.3) is 6.08 Å². The third-order valence-electron chi connectivity index (χ3n) is 1.59. The number of aliphatic carboxylic acids is 1. The van der Waals surface area contributed by atoms with Crippen LogP contribution >= 0.6 is 0 Å². The number of carboxylic acid groups (broad SMARTS) is 1. The SMILES string of the molecule is Cc1ccccc1/C=C/C(=O)O.N. The number of benzene rings is 1. The van der Waals surface area contributed by atoms with Crippen molar-refractivity contribution in [1.82, 2.24) is 6.15 Å². The molecular weight excluding hydrogens is 166 g/mol. The smallest absolute Gasteiger partial charge is 0.328 e. The van der Waals surface area contributed by atoms with E-state index in [1.165, 1.54) is 0 Å². The monoisotopic (exact) mass is 179 g/mol. The van der Waals surface area contributed by atoms with E-state index in [4.69, 9.17) is 5.11 Å². The molecule has 1 rings (SSSR count). The summed E-state index contributed by atoms with van der Waals surface area (Å²) in [5.41, 5.74) is 2.02. The van der Waals surface area contributed by atoms with Gasteiger partial charge in [-0.1, -0.05) is 24.3 Å². The van der Waals surface area contributed by atoms with Crippen LogP contribution in [-0.4, -0.2) is 11.1 Å². The van der Waals surface area contributed by atoms with E-state index >= 15 is 0 Å². The van der Waals surface area contributed by atoms with Crippen molar-refractivity contribution >= 4 is 12.0 Å². The highest BCUT2D eigenvalue weighted by Gasteiger charge is 1.91. The van der Waals surface area contributed by atoms with E-state index in [-0.39, 0.29) is 6.15 Å². The maximum atomic E-state index is 10.2. The molecule has 3 nitrogen and oxygen atoms in total. The summed E-state index contributed by atoms with van der Waals surface area (Å²) < 4.78 is 0. The van der Waals surface area contributed by atoms with Crippen molar-refractivity contribution < 1.29 is 9.90 Å². The molecule has 0 saturated carbocycles. The zero-order chi connectivity index (χ0) is 8.97. The van der Waals surface area contributed by atoms with Gasteiger partial charge in [-0.2, -0.15) is 0 Å². The van der Waals surface area contributed by atoms with Crippen LogP contribution in [-0.2, 0) is 4.79 Å². The first kappa shape index (κ1) is 11.4. The number of carbonyl (C=O) groups is 1. The Hall–Kier alpha value is -1.61. The maximum absolute atomic E-state index is 10.2. The zero-order valence-electron chi connectivity index (χ0n) is 7.53. The minimum atomic E-state index is -0.918. The Balaban J connectivity index is 0.00000144. The molecule has 0 aliphatic carbocycles. The fraction of sp³-hybridized carbons (Fsp3) is 0.100. The first-order valence-electron chi connectivity index (χ1n) is 3.67. The molecule has 0 bridgehead atoms. The van der Waals surface area contributed by atoms with Crippen LogP contribution < -0.4 is 6.15 Å². The lowest BCUT2D eigenvalue weighted by atomic mass is 10.1. The topological polar surface area (TPSA) is 72.3 Å². The Morgan fingerprint density at radius 3 is 2.54 bits per heavy atom. The van der Waals surface area contributed by atoms with Crippen molar-refractivity contribution in [2.75, 3.05) is 0 Å². The Bertz CT molecular complexity index is 318. The van der Waals surface area contributed by atoms with Gasteiger partial charge in [0.05, 0.1) is 0 Å². The van der Waals surface area contributed by atoms with E-state index in [1.807, 2.05) is 31.2 Å². The number of aryl methyl sites for hydroxylation is 1. The second-order valence-corrected chi connectivity index (χ2v) is 2.53. The fourth-order valence-corrected chi connectivity index (χ4v) is 0.935. The number of hydrogen-bond acceptors (Lipinski definition) is 2. The standard InChI is InChI=1S/C10H10O2.H3N/c1-8-4-2-3-5-9(8)6-7-10(11)12;/h2-7H,1H3,(H,11,12);1H3/b7-6+;. The number of rotatable bonds is 2. The number of carboxylic acids is 1. The van der Waals surface area contributed by atoms with Crippen LogP contribution in [0.1, 0.15) is 11.1 Å². The predicted octanol–water partition coefficient (Wildman–Crippen LogP) is 2.25. The minimum Gasteiger partial charge on any atom is -0.478 e. The van der Waals surface area contributed by atoms with Crippen molar-refractivity contribution in [1.29, 1.82) is 0 Å². The van der Waals surface area contributed by atoms with E-state index in [1.54, 1.807) is 6.08 Å². The normalized spacial score (nSPS) is 9.62. The van der Waals surface area contributed by atoms with Crippen molar-refractivity contribution in [3.63, 3.8) is 0 Å². The molecule has 0 saturated heterocycles. The highest BCUT2D eigenvalue weighted by molar-refractivity contribution is 5.85. The molecule has 0 atom stereocenters. The fourth-order valence-electron chi connectivity index (χ4n) is 0.935. The van der Waals surface area contributed by atoms with Crippen molar-refractivity contribution in [3.05, 3.63) is 41.5 Å². The molecule has 4 N–H and O–H groups in total. The van der Waals surface area contributed by atoms with Gasteiger partial charge < -0.3 is 11.3 Å². The van der Waals surface area contributed by atoms with Crippen LogP contribution in [0, 0.1) is 6.92 Å². The molecule has 0 radical (unpaired) electrons. The lowest BCUT2D eigenvalue weighted by Crippen LogP contribution is -1.86. The van der Waals surface area contributed by atoms with Gasteiger partial charge in [-0.05, 0) is 24.1 Å². The number of hydrogen-bond donors (Lipinski definition) is 2. The molecule has 1 aromatic carbocycles. The first-order valence-corrected chi connectivity index (χ1v) is 3.67. The molecule has 1 aromatic rings. The van der Waals surface area contributed by atoms with Crippen LogP contribution in [0.15, 0.2) is 30.3 Å². The highest BCUT2D eigenvalue weighted by atomic mass is 16.4. The third-order valence-corrected chi connectivity index (χ3v) is 1.59. The van der Waals surface area contributed by atoms with E-state index in [0.717, 1.165) is 17.2 Å². The molecule has 0 unspecified atom stereocenters. The van der Waals surface area contributed by atoms with Crippen molar-refractivity contribution in [3.8, 4) is 0 Å². The van der Waals surface area contributed by atoms with Crippen LogP contribution in [0.2, 0.25) is 0 Å². The summed E-state index contributed by atoms with van der Waals surface area (Å²) in [5.74, 6) is -0.918. The molecule has 0 heterocycles. The highest BCUT2D eigenvalue weighted by Crippen LogP contribution is 2.08. The van der Waals surface area contributed by atoms with Crippen LogP contribution in [0.3, 0.4) is 0 Å². The molecule has 70 valence electrons. The van der Waals surface area contributed by atoms with Crippen LogP contribution in [0.5, 0.6) is 0 Å². The predicted molar refractivity (Wildman–Crippen MR) is 52.9 cm³/mol. The minimum absolute atomic E-state index is 0. The molecule has 0 amide bonds. The maximum Gasteiger partial charge on any atom is 0.328 e. The Labute approximate surface area is 77.3 Å². The molecule has 0 spiro atoms. The van der Waals surface area contributed by atoms with Gasteiger partial charge >= 0.3 is 5.97 Å². The average molecular weight is 179 g/mol. The Morgan fingerprint density at radius 1 is 1.38 bits per heavy atom. The quantitative estimate of drug-likeness (QED) is 0.684.